The summed E-state index contributed by atoms with van der Waals surface area (Å²) < 4.78 is 2.28. The number of rotatable bonds is 6. The molecule has 7 heteroatoms. The molecule has 0 spiro atoms. The number of amides is 2. The van der Waals surface area contributed by atoms with Gasteiger partial charge in [-0.1, -0.05) is 73.5 Å². The predicted octanol–water partition coefficient (Wildman–Crippen LogP) is 4.77. The molecule has 0 atom stereocenters. The van der Waals surface area contributed by atoms with Crippen molar-refractivity contribution in [2.75, 3.05) is 12.3 Å². The van der Waals surface area contributed by atoms with Gasteiger partial charge in [-0.15, -0.1) is 10.2 Å². The van der Waals surface area contributed by atoms with Gasteiger partial charge in [0.15, 0.2) is 5.16 Å². The second-order valence-corrected chi connectivity index (χ2v) is 9.65. The van der Waals surface area contributed by atoms with E-state index in [2.05, 4.69) is 57.2 Å². The molecule has 0 radical (unpaired) electrons. The maximum absolute atomic E-state index is 12.6. The van der Waals surface area contributed by atoms with Crippen LogP contribution in [0.4, 0.5) is 0 Å². The van der Waals surface area contributed by atoms with Crippen LogP contribution in [0.5, 0.6) is 0 Å². The van der Waals surface area contributed by atoms with E-state index >= 15 is 0 Å². The maximum Gasteiger partial charge on any atom is 0.239 e. The van der Waals surface area contributed by atoms with E-state index < -0.39 is 0 Å². The van der Waals surface area contributed by atoms with Crippen molar-refractivity contribution in [3.63, 3.8) is 0 Å². The summed E-state index contributed by atoms with van der Waals surface area (Å²) in [7, 11) is 0. The Bertz CT molecular complexity index is 1130. The van der Waals surface area contributed by atoms with Gasteiger partial charge in [0.1, 0.15) is 5.82 Å². The van der Waals surface area contributed by atoms with Gasteiger partial charge in [0.05, 0.1) is 5.75 Å². The lowest BCUT2D eigenvalue weighted by atomic mass is 9.95. The molecule has 1 saturated heterocycles. The van der Waals surface area contributed by atoms with E-state index in [1.807, 2.05) is 0 Å². The highest BCUT2D eigenvalue weighted by Gasteiger charge is 2.28. The zero-order valence-corrected chi connectivity index (χ0v) is 19.0. The van der Waals surface area contributed by atoms with Crippen molar-refractivity contribution >= 4 is 34.3 Å². The van der Waals surface area contributed by atoms with Gasteiger partial charge in [-0.3, -0.25) is 14.5 Å². The monoisotopic (exact) mass is 448 g/mol. The van der Waals surface area contributed by atoms with Crippen LogP contribution in [0, 0.1) is 0 Å². The highest BCUT2D eigenvalue weighted by Crippen LogP contribution is 2.34. The Morgan fingerprint density at radius 2 is 1.81 bits per heavy atom. The average Bonchev–Trinajstić information content (AvgIpc) is 3.44. The Hall–Kier alpha value is -2.67. The number of fused-ring (bicyclic) bond motifs is 1. The van der Waals surface area contributed by atoms with E-state index in [0.717, 1.165) is 30.2 Å². The van der Waals surface area contributed by atoms with Crippen LogP contribution in [0.1, 0.15) is 62.4 Å². The lowest BCUT2D eigenvalue weighted by molar-refractivity contribution is -0.140. The quantitative estimate of drug-likeness (QED) is 0.508. The van der Waals surface area contributed by atoms with Crippen LogP contribution in [-0.4, -0.2) is 43.8 Å². The van der Waals surface area contributed by atoms with E-state index in [-0.39, 0.29) is 17.6 Å². The molecule has 2 aliphatic rings. The molecule has 2 heterocycles. The third kappa shape index (κ3) is 4.31. The van der Waals surface area contributed by atoms with E-state index in [0.29, 0.717) is 25.4 Å². The molecule has 5 rings (SSSR count). The molecule has 3 aromatic rings. The van der Waals surface area contributed by atoms with Crippen LogP contribution >= 0.6 is 11.8 Å². The smallest absolute Gasteiger partial charge is 0.239 e. The summed E-state index contributed by atoms with van der Waals surface area (Å²) in [6.07, 6.45) is 7.88. The summed E-state index contributed by atoms with van der Waals surface area (Å²) in [5.41, 5.74) is 1.24. The van der Waals surface area contributed by atoms with Crippen LogP contribution < -0.4 is 0 Å². The summed E-state index contributed by atoms with van der Waals surface area (Å²) in [6.45, 7) is 0.542. The fraction of sp³-hybridized carbons (Fsp3) is 0.440. The van der Waals surface area contributed by atoms with Crippen molar-refractivity contribution in [3.05, 3.63) is 53.9 Å². The molecule has 2 aromatic carbocycles. The number of carbonyl (C=O) groups excluding carboxylic acids is 2. The molecule has 0 bridgehead atoms. The topological polar surface area (TPSA) is 68.1 Å². The van der Waals surface area contributed by atoms with Gasteiger partial charge in [-0.05, 0) is 35.6 Å². The molecular weight excluding hydrogens is 420 g/mol. The fourth-order valence-corrected chi connectivity index (χ4v) is 5.87. The van der Waals surface area contributed by atoms with Crippen molar-refractivity contribution in [2.24, 2.45) is 0 Å². The number of thioether (sulfide) groups is 1. The van der Waals surface area contributed by atoms with Crippen LogP contribution in [0.15, 0.2) is 47.6 Å². The number of imide groups is 1. The first-order valence-corrected chi connectivity index (χ1v) is 12.6. The van der Waals surface area contributed by atoms with Gasteiger partial charge in [0.2, 0.25) is 11.8 Å². The first-order chi connectivity index (χ1) is 15.7. The van der Waals surface area contributed by atoms with Gasteiger partial charge in [0.25, 0.3) is 0 Å². The average molecular weight is 449 g/mol. The second kappa shape index (κ2) is 9.45. The number of hydrogen-bond acceptors (Lipinski definition) is 5. The third-order valence-electron chi connectivity index (χ3n) is 6.60. The minimum Gasteiger partial charge on any atom is -0.303 e. The molecule has 1 saturated carbocycles. The summed E-state index contributed by atoms with van der Waals surface area (Å²) in [6, 6.07) is 15.2. The SMILES string of the molecule is O=C1CCCN1C(=O)CSc1nnc(Cc2cccc3ccccc23)n1C1CCCCC1. The first kappa shape index (κ1) is 21.2. The van der Waals surface area contributed by atoms with E-state index in [9.17, 15) is 9.59 Å². The molecule has 1 aliphatic carbocycles. The van der Waals surface area contributed by atoms with Crippen LogP contribution in [0.3, 0.4) is 0 Å². The number of carbonyl (C=O) groups is 2. The summed E-state index contributed by atoms with van der Waals surface area (Å²) in [4.78, 5) is 25.9. The molecule has 6 nitrogen and oxygen atoms in total. The molecule has 166 valence electrons. The van der Waals surface area contributed by atoms with Crippen molar-refractivity contribution < 1.29 is 9.59 Å². The van der Waals surface area contributed by atoms with Crippen molar-refractivity contribution in [2.45, 2.75) is 62.6 Å². The molecule has 32 heavy (non-hydrogen) atoms. The number of nitrogens with zero attached hydrogens (tertiary/aromatic N) is 4. The number of aromatic nitrogens is 3. The predicted molar refractivity (Wildman–Crippen MR) is 126 cm³/mol. The first-order valence-electron chi connectivity index (χ1n) is 11.6. The largest absolute Gasteiger partial charge is 0.303 e. The summed E-state index contributed by atoms with van der Waals surface area (Å²) in [5.74, 6) is 1.01. The molecule has 0 N–H and O–H groups in total. The second-order valence-electron chi connectivity index (χ2n) is 8.71. The third-order valence-corrected chi connectivity index (χ3v) is 7.53. The minimum absolute atomic E-state index is 0.0546. The molecule has 2 amide bonds. The van der Waals surface area contributed by atoms with Gasteiger partial charge < -0.3 is 4.57 Å². The normalized spacial score (nSPS) is 17.4. The Kier molecular flexibility index (Phi) is 6.26. The standard InChI is InChI=1S/C25H28N4O2S/c30-23-14-7-15-28(23)24(31)17-32-25-27-26-22(29(25)20-11-2-1-3-12-20)16-19-10-6-9-18-8-4-5-13-21(18)19/h4-6,8-10,13,20H,1-3,7,11-12,14-17H2. The van der Waals surface area contributed by atoms with Crippen molar-refractivity contribution in [1.29, 1.82) is 0 Å². The Balaban J connectivity index is 1.41. The van der Waals surface area contributed by atoms with Gasteiger partial charge >= 0.3 is 0 Å². The molecule has 2 fully saturated rings. The van der Waals surface area contributed by atoms with Gasteiger partial charge in [-0.2, -0.15) is 0 Å². The Morgan fingerprint density at radius 3 is 2.62 bits per heavy atom. The lowest BCUT2D eigenvalue weighted by Crippen LogP contribution is -2.33. The Morgan fingerprint density at radius 1 is 1.00 bits per heavy atom. The fourth-order valence-electron chi connectivity index (χ4n) is 4.97. The van der Waals surface area contributed by atoms with E-state index in [1.165, 1.54) is 52.3 Å². The van der Waals surface area contributed by atoms with Gasteiger partial charge in [-0.25, -0.2) is 0 Å². The molecule has 0 unspecified atom stereocenters. The molecular formula is C25H28N4O2S. The highest BCUT2D eigenvalue weighted by atomic mass is 32.2. The van der Waals surface area contributed by atoms with Crippen molar-refractivity contribution in [3.8, 4) is 0 Å². The Labute approximate surface area is 192 Å². The lowest BCUT2D eigenvalue weighted by Gasteiger charge is -2.26. The van der Waals surface area contributed by atoms with E-state index in [1.54, 1.807) is 0 Å². The summed E-state index contributed by atoms with van der Waals surface area (Å²) >= 11 is 1.42. The van der Waals surface area contributed by atoms with Crippen LogP contribution in [0.25, 0.3) is 10.8 Å². The molecule has 1 aliphatic heterocycles. The minimum atomic E-state index is -0.119. The maximum atomic E-state index is 12.6. The zero-order chi connectivity index (χ0) is 21.9. The number of benzene rings is 2. The highest BCUT2D eigenvalue weighted by molar-refractivity contribution is 7.99. The van der Waals surface area contributed by atoms with Gasteiger partial charge in [0, 0.05) is 25.4 Å². The van der Waals surface area contributed by atoms with Crippen LogP contribution in [-0.2, 0) is 16.0 Å². The number of likely N-dealkylation sites (tertiary alicyclic amines) is 1. The summed E-state index contributed by atoms with van der Waals surface area (Å²) in [5, 5.41) is 12.4. The van der Waals surface area contributed by atoms with Crippen LogP contribution in [0.2, 0.25) is 0 Å². The number of hydrogen-bond donors (Lipinski definition) is 0. The zero-order valence-electron chi connectivity index (χ0n) is 18.2. The van der Waals surface area contributed by atoms with Crippen molar-refractivity contribution in [1.82, 2.24) is 19.7 Å². The molecule has 1 aromatic heterocycles. The van der Waals surface area contributed by atoms with E-state index in [4.69, 9.17) is 0 Å².